The Hall–Kier alpha value is -1.04. The normalized spacial score (nSPS) is 19.6. The van der Waals surface area contributed by atoms with Crippen LogP contribution in [0.25, 0.3) is 0 Å². The van der Waals surface area contributed by atoms with Crippen LogP contribution < -0.4 is 5.73 Å². The molecule has 0 saturated carbocycles. The van der Waals surface area contributed by atoms with Crippen LogP contribution in [0.15, 0.2) is 12.1 Å². The number of benzene rings is 1. The van der Waals surface area contributed by atoms with E-state index in [1.165, 1.54) is 6.07 Å². The largest absolute Gasteiger partial charge is 0.396 e. The van der Waals surface area contributed by atoms with Crippen molar-refractivity contribution in [2.45, 2.75) is 19.0 Å². The minimum atomic E-state index is -0.555. The molecular formula is C12H16F2N2O. The molecule has 94 valence electrons. The summed E-state index contributed by atoms with van der Waals surface area (Å²) in [5.74, 6) is -1.08. The monoisotopic (exact) mass is 242 g/mol. The number of rotatable bonds is 4. The van der Waals surface area contributed by atoms with Crippen LogP contribution in [-0.4, -0.2) is 29.7 Å². The Morgan fingerprint density at radius 3 is 2.82 bits per heavy atom. The quantitative estimate of drug-likeness (QED) is 0.833. The molecule has 1 unspecified atom stereocenters. The highest BCUT2D eigenvalue weighted by atomic mass is 19.1. The molecule has 3 nitrogen and oxygen atoms in total. The van der Waals surface area contributed by atoms with Crippen molar-refractivity contribution in [3.8, 4) is 0 Å². The van der Waals surface area contributed by atoms with Gasteiger partial charge in [0.15, 0.2) is 0 Å². The van der Waals surface area contributed by atoms with E-state index in [4.69, 9.17) is 10.8 Å². The number of nitrogens with two attached hydrogens (primary N) is 1. The third kappa shape index (κ3) is 2.31. The number of hydrogen-bond acceptors (Lipinski definition) is 3. The molecule has 0 fully saturated rings. The zero-order valence-electron chi connectivity index (χ0n) is 9.50. The Labute approximate surface area is 98.8 Å². The van der Waals surface area contributed by atoms with Crippen LogP contribution in [0, 0.1) is 11.6 Å². The number of hydrogen-bond donors (Lipinski definition) is 2. The van der Waals surface area contributed by atoms with Crippen molar-refractivity contribution in [3.05, 3.63) is 34.9 Å². The van der Waals surface area contributed by atoms with Crippen LogP contribution in [0.5, 0.6) is 0 Å². The molecule has 0 radical (unpaired) electrons. The molecule has 5 heteroatoms. The van der Waals surface area contributed by atoms with E-state index in [-0.39, 0.29) is 12.6 Å². The molecule has 0 aromatic heterocycles. The van der Waals surface area contributed by atoms with Crippen molar-refractivity contribution in [2.75, 3.05) is 19.7 Å². The third-order valence-electron chi connectivity index (χ3n) is 3.15. The maximum atomic E-state index is 13.7. The van der Waals surface area contributed by atoms with Gasteiger partial charge in [-0.15, -0.1) is 0 Å². The summed E-state index contributed by atoms with van der Waals surface area (Å²) in [7, 11) is 0. The number of aliphatic hydroxyl groups excluding tert-OH is 1. The fourth-order valence-corrected chi connectivity index (χ4v) is 2.43. The van der Waals surface area contributed by atoms with Gasteiger partial charge in [0.05, 0.1) is 6.04 Å². The van der Waals surface area contributed by atoms with Crippen LogP contribution >= 0.6 is 0 Å². The minimum Gasteiger partial charge on any atom is -0.396 e. The van der Waals surface area contributed by atoms with Gasteiger partial charge in [0.1, 0.15) is 11.6 Å². The lowest BCUT2D eigenvalue weighted by atomic mass is 10.0. The maximum absolute atomic E-state index is 13.7. The average Bonchev–Trinajstić information content (AvgIpc) is 2.63. The molecule has 1 aromatic rings. The number of nitrogens with zero attached hydrogens (tertiary/aromatic N) is 1. The summed E-state index contributed by atoms with van der Waals surface area (Å²) < 4.78 is 26.8. The van der Waals surface area contributed by atoms with E-state index in [0.717, 1.165) is 6.07 Å². The summed E-state index contributed by atoms with van der Waals surface area (Å²) in [6.45, 7) is 1.50. The van der Waals surface area contributed by atoms with Gasteiger partial charge in [-0.25, -0.2) is 8.78 Å². The van der Waals surface area contributed by atoms with Gasteiger partial charge in [-0.2, -0.15) is 0 Å². The molecule has 1 aromatic carbocycles. The molecule has 1 atom stereocenters. The Balaban J connectivity index is 2.28. The van der Waals surface area contributed by atoms with E-state index < -0.39 is 11.6 Å². The van der Waals surface area contributed by atoms with Crippen molar-refractivity contribution in [1.82, 2.24) is 4.90 Å². The maximum Gasteiger partial charge on any atom is 0.131 e. The minimum absolute atomic E-state index is 0.0843. The standard InChI is InChI=1S/C12H16F2N2O/c13-9-4-8-7-16(2-1-3-17)11(6-15)12(8)10(14)5-9/h4-5,11,17H,1-3,6-7,15H2. The molecule has 3 N–H and O–H groups in total. The summed E-state index contributed by atoms with van der Waals surface area (Å²) in [5, 5.41) is 8.81. The Morgan fingerprint density at radius 1 is 1.41 bits per heavy atom. The second-order valence-electron chi connectivity index (χ2n) is 4.26. The molecule has 1 aliphatic rings. The lowest BCUT2D eigenvalue weighted by molar-refractivity contribution is 0.188. The SMILES string of the molecule is NCC1c2c(F)cc(F)cc2CN1CCCO. The van der Waals surface area contributed by atoms with E-state index >= 15 is 0 Å². The molecule has 0 saturated heterocycles. The van der Waals surface area contributed by atoms with Crippen molar-refractivity contribution >= 4 is 0 Å². The summed E-state index contributed by atoms with van der Waals surface area (Å²) in [6, 6.07) is 2.05. The van der Waals surface area contributed by atoms with E-state index in [9.17, 15) is 8.78 Å². The van der Waals surface area contributed by atoms with Gasteiger partial charge in [-0.3, -0.25) is 4.90 Å². The topological polar surface area (TPSA) is 49.5 Å². The van der Waals surface area contributed by atoms with E-state index in [0.29, 0.717) is 37.2 Å². The lowest BCUT2D eigenvalue weighted by Crippen LogP contribution is -2.29. The predicted octanol–water partition coefficient (Wildman–Crippen LogP) is 1.16. The first kappa shape index (κ1) is 12.4. The van der Waals surface area contributed by atoms with Gasteiger partial charge >= 0.3 is 0 Å². The smallest absolute Gasteiger partial charge is 0.131 e. The predicted molar refractivity (Wildman–Crippen MR) is 60.3 cm³/mol. The van der Waals surface area contributed by atoms with Gasteiger partial charge in [0.2, 0.25) is 0 Å². The van der Waals surface area contributed by atoms with Crippen LogP contribution in [0.3, 0.4) is 0 Å². The van der Waals surface area contributed by atoms with Gasteiger partial charge in [-0.1, -0.05) is 0 Å². The van der Waals surface area contributed by atoms with Crippen LogP contribution in [0.1, 0.15) is 23.6 Å². The number of fused-ring (bicyclic) bond motifs is 1. The molecule has 0 spiro atoms. The first-order valence-electron chi connectivity index (χ1n) is 5.70. The van der Waals surface area contributed by atoms with Crippen molar-refractivity contribution in [2.24, 2.45) is 5.73 Å². The summed E-state index contributed by atoms with van der Waals surface area (Å²) in [4.78, 5) is 1.98. The highest BCUT2D eigenvalue weighted by molar-refractivity contribution is 5.36. The number of halogens is 2. The third-order valence-corrected chi connectivity index (χ3v) is 3.15. The molecule has 0 bridgehead atoms. The first-order chi connectivity index (χ1) is 8.17. The fraction of sp³-hybridized carbons (Fsp3) is 0.500. The van der Waals surface area contributed by atoms with Crippen molar-refractivity contribution in [1.29, 1.82) is 0 Å². The Kier molecular flexibility index (Phi) is 3.71. The van der Waals surface area contributed by atoms with Crippen molar-refractivity contribution in [3.63, 3.8) is 0 Å². The molecule has 17 heavy (non-hydrogen) atoms. The van der Waals surface area contributed by atoms with E-state index in [1.54, 1.807) is 0 Å². The zero-order valence-corrected chi connectivity index (χ0v) is 9.50. The van der Waals surface area contributed by atoms with E-state index in [2.05, 4.69) is 0 Å². The fourth-order valence-electron chi connectivity index (χ4n) is 2.43. The molecular weight excluding hydrogens is 226 g/mol. The highest BCUT2D eigenvalue weighted by Gasteiger charge is 2.31. The zero-order chi connectivity index (χ0) is 12.4. The molecule has 0 aliphatic carbocycles. The van der Waals surface area contributed by atoms with Gasteiger partial charge in [0, 0.05) is 37.9 Å². The molecule has 2 rings (SSSR count). The molecule has 1 aliphatic heterocycles. The first-order valence-corrected chi connectivity index (χ1v) is 5.70. The Morgan fingerprint density at radius 2 is 2.18 bits per heavy atom. The van der Waals surface area contributed by atoms with E-state index in [1.807, 2.05) is 4.90 Å². The van der Waals surface area contributed by atoms with Crippen LogP contribution in [-0.2, 0) is 6.54 Å². The van der Waals surface area contributed by atoms with Gasteiger partial charge < -0.3 is 10.8 Å². The summed E-state index contributed by atoms with van der Waals surface area (Å²) in [5.41, 5.74) is 6.82. The van der Waals surface area contributed by atoms with Crippen molar-refractivity contribution < 1.29 is 13.9 Å². The summed E-state index contributed by atoms with van der Waals surface area (Å²) in [6.07, 6.45) is 0.606. The van der Waals surface area contributed by atoms with Crippen LogP contribution in [0.2, 0.25) is 0 Å². The van der Waals surface area contributed by atoms with Gasteiger partial charge in [0.25, 0.3) is 0 Å². The second kappa shape index (κ2) is 5.08. The average molecular weight is 242 g/mol. The Bertz CT molecular complexity index is 412. The lowest BCUT2D eigenvalue weighted by Gasteiger charge is -2.23. The molecule has 0 amide bonds. The second-order valence-corrected chi connectivity index (χ2v) is 4.26. The highest BCUT2D eigenvalue weighted by Crippen LogP contribution is 2.35. The molecule has 1 heterocycles. The number of aliphatic hydroxyl groups is 1. The summed E-state index contributed by atoms with van der Waals surface area (Å²) >= 11 is 0. The van der Waals surface area contributed by atoms with Crippen LogP contribution in [0.4, 0.5) is 8.78 Å². The van der Waals surface area contributed by atoms with Gasteiger partial charge in [-0.05, 0) is 18.1 Å².